The van der Waals surface area contributed by atoms with Gasteiger partial charge < -0.3 is 10.5 Å². The average Bonchev–Trinajstić information content (AvgIpc) is 2.91. The number of hydrogen-bond acceptors (Lipinski definition) is 2. The molecule has 82 valence electrons. The van der Waals surface area contributed by atoms with Gasteiger partial charge in [-0.3, -0.25) is 0 Å². The lowest BCUT2D eigenvalue weighted by Gasteiger charge is -2.14. The highest BCUT2D eigenvalue weighted by molar-refractivity contribution is 9.10. The molecule has 2 N–H and O–H groups in total. The summed E-state index contributed by atoms with van der Waals surface area (Å²) in [7, 11) is 1.54. The third kappa shape index (κ3) is 2.16. The monoisotopic (exact) mass is 273 g/mol. The van der Waals surface area contributed by atoms with E-state index in [0.717, 1.165) is 24.8 Å². The summed E-state index contributed by atoms with van der Waals surface area (Å²) in [5.41, 5.74) is 6.90. The molecule has 0 amide bonds. The maximum Gasteiger partial charge on any atom is 0.141 e. The largest absolute Gasteiger partial charge is 0.495 e. The van der Waals surface area contributed by atoms with Crippen LogP contribution in [-0.4, -0.2) is 12.6 Å². The number of halogens is 2. The van der Waals surface area contributed by atoms with Gasteiger partial charge in [0.05, 0.1) is 11.6 Å². The third-order valence-electron chi connectivity index (χ3n) is 2.77. The first kappa shape index (κ1) is 10.9. The SMILES string of the molecule is COc1c(CC2(N)CC2)ccc(F)c1Br. The van der Waals surface area contributed by atoms with Crippen LogP contribution in [0.15, 0.2) is 16.6 Å². The van der Waals surface area contributed by atoms with Crippen LogP contribution in [0.25, 0.3) is 0 Å². The van der Waals surface area contributed by atoms with Gasteiger partial charge in [-0.05, 0) is 46.8 Å². The van der Waals surface area contributed by atoms with Gasteiger partial charge in [0.25, 0.3) is 0 Å². The van der Waals surface area contributed by atoms with E-state index >= 15 is 0 Å². The van der Waals surface area contributed by atoms with Crippen molar-refractivity contribution < 1.29 is 9.13 Å². The van der Waals surface area contributed by atoms with Crippen molar-refractivity contribution in [1.29, 1.82) is 0 Å². The average molecular weight is 274 g/mol. The van der Waals surface area contributed by atoms with Crippen LogP contribution in [0, 0.1) is 5.82 Å². The summed E-state index contributed by atoms with van der Waals surface area (Å²) in [6.07, 6.45) is 2.81. The third-order valence-corrected chi connectivity index (χ3v) is 3.51. The first-order valence-electron chi connectivity index (χ1n) is 4.85. The molecular weight excluding hydrogens is 261 g/mol. The molecule has 0 saturated heterocycles. The number of methoxy groups -OCH3 is 1. The van der Waals surface area contributed by atoms with E-state index in [4.69, 9.17) is 10.5 Å². The lowest BCUT2D eigenvalue weighted by atomic mass is 10.0. The Bertz CT molecular complexity index is 390. The summed E-state index contributed by atoms with van der Waals surface area (Å²) in [5, 5.41) is 0. The first-order chi connectivity index (χ1) is 7.06. The van der Waals surface area contributed by atoms with Gasteiger partial charge >= 0.3 is 0 Å². The van der Waals surface area contributed by atoms with Gasteiger partial charge in [-0.1, -0.05) is 6.07 Å². The van der Waals surface area contributed by atoms with Crippen molar-refractivity contribution in [2.45, 2.75) is 24.8 Å². The molecule has 2 nitrogen and oxygen atoms in total. The Morgan fingerprint density at radius 1 is 1.53 bits per heavy atom. The molecule has 1 aromatic carbocycles. The molecule has 0 atom stereocenters. The number of ether oxygens (including phenoxy) is 1. The number of nitrogens with two attached hydrogens (primary N) is 1. The van der Waals surface area contributed by atoms with Gasteiger partial charge in [0.1, 0.15) is 11.6 Å². The highest BCUT2D eigenvalue weighted by Gasteiger charge is 2.39. The fourth-order valence-electron chi connectivity index (χ4n) is 1.65. The topological polar surface area (TPSA) is 35.2 Å². The zero-order chi connectivity index (χ0) is 11.1. The standard InChI is InChI=1S/C11H13BrFNO/c1-15-10-7(6-11(14)4-5-11)2-3-8(13)9(10)12/h2-3H,4-6,14H2,1H3. The Balaban J connectivity index is 2.34. The van der Waals surface area contributed by atoms with Gasteiger partial charge in [0, 0.05) is 5.54 Å². The van der Waals surface area contributed by atoms with Gasteiger partial charge in [-0.15, -0.1) is 0 Å². The Morgan fingerprint density at radius 2 is 2.20 bits per heavy atom. The molecule has 2 rings (SSSR count). The zero-order valence-corrected chi connectivity index (χ0v) is 10.1. The fourth-order valence-corrected chi connectivity index (χ4v) is 2.20. The molecule has 1 aliphatic rings. The Hall–Kier alpha value is -0.610. The molecule has 0 heterocycles. The van der Waals surface area contributed by atoms with Gasteiger partial charge in [-0.25, -0.2) is 4.39 Å². The van der Waals surface area contributed by atoms with Crippen molar-refractivity contribution in [2.24, 2.45) is 5.73 Å². The molecule has 0 radical (unpaired) electrons. The predicted molar refractivity (Wildman–Crippen MR) is 60.5 cm³/mol. The van der Waals surface area contributed by atoms with Gasteiger partial charge in [-0.2, -0.15) is 0 Å². The molecule has 1 fully saturated rings. The van der Waals surface area contributed by atoms with Crippen molar-refractivity contribution in [2.75, 3.05) is 7.11 Å². The van der Waals surface area contributed by atoms with Crippen LogP contribution in [0.4, 0.5) is 4.39 Å². The van der Waals surface area contributed by atoms with Crippen molar-refractivity contribution in [3.05, 3.63) is 28.0 Å². The van der Waals surface area contributed by atoms with Crippen molar-refractivity contribution in [3.63, 3.8) is 0 Å². The van der Waals surface area contributed by atoms with E-state index < -0.39 is 0 Å². The van der Waals surface area contributed by atoms with Crippen molar-refractivity contribution in [3.8, 4) is 5.75 Å². The van der Waals surface area contributed by atoms with Crippen LogP contribution in [0.5, 0.6) is 5.75 Å². The molecule has 0 unspecified atom stereocenters. The van der Waals surface area contributed by atoms with Gasteiger partial charge in [0.2, 0.25) is 0 Å². The summed E-state index contributed by atoms with van der Waals surface area (Å²) >= 11 is 3.18. The second-order valence-corrected chi connectivity index (χ2v) is 4.89. The van der Waals surface area contributed by atoms with Crippen LogP contribution in [-0.2, 0) is 6.42 Å². The zero-order valence-electron chi connectivity index (χ0n) is 8.52. The fraction of sp³-hybridized carbons (Fsp3) is 0.455. The normalized spacial score (nSPS) is 17.6. The van der Waals surface area contributed by atoms with E-state index in [1.165, 1.54) is 6.07 Å². The van der Waals surface area contributed by atoms with Crippen LogP contribution in [0.3, 0.4) is 0 Å². The number of hydrogen-bond donors (Lipinski definition) is 1. The second kappa shape index (κ2) is 3.76. The van der Waals surface area contributed by atoms with Crippen LogP contribution in [0.2, 0.25) is 0 Å². The Kier molecular flexibility index (Phi) is 2.73. The van der Waals surface area contributed by atoms with E-state index in [0.29, 0.717) is 10.2 Å². The van der Waals surface area contributed by atoms with Crippen LogP contribution in [0.1, 0.15) is 18.4 Å². The highest BCUT2D eigenvalue weighted by Crippen LogP contribution is 2.40. The summed E-state index contributed by atoms with van der Waals surface area (Å²) in [5.74, 6) is 0.254. The molecular formula is C11H13BrFNO. The molecule has 1 aliphatic carbocycles. The lowest BCUT2D eigenvalue weighted by Crippen LogP contribution is -2.24. The summed E-state index contributed by atoms with van der Waals surface area (Å²) in [6.45, 7) is 0. The Labute approximate surface area is 96.7 Å². The van der Waals surface area contributed by atoms with Crippen LogP contribution >= 0.6 is 15.9 Å². The maximum absolute atomic E-state index is 13.2. The van der Waals surface area contributed by atoms with E-state index in [1.54, 1.807) is 13.2 Å². The second-order valence-electron chi connectivity index (χ2n) is 4.09. The highest BCUT2D eigenvalue weighted by atomic mass is 79.9. The first-order valence-corrected chi connectivity index (χ1v) is 5.65. The van der Waals surface area contributed by atoms with E-state index in [-0.39, 0.29) is 11.4 Å². The molecule has 15 heavy (non-hydrogen) atoms. The summed E-state index contributed by atoms with van der Waals surface area (Å²) < 4.78 is 18.8. The molecule has 4 heteroatoms. The minimum absolute atomic E-state index is 0.0927. The minimum atomic E-state index is -0.308. The molecule has 1 saturated carbocycles. The van der Waals surface area contributed by atoms with Gasteiger partial charge in [0.15, 0.2) is 0 Å². The summed E-state index contributed by atoms with van der Waals surface area (Å²) in [4.78, 5) is 0. The predicted octanol–water partition coefficient (Wildman–Crippen LogP) is 2.63. The van der Waals surface area contributed by atoms with Crippen molar-refractivity contribution in [1.82, 2.24) is 0 Å². The Morgan fingerprint density at radius 3 is 2.73 bits per heavy atom. The molecule has 1 aromatic rings. The van der Waals surface area contributed by atoms with E-state index in [9.17, 15) is 4.39 Å². The van der Waals surface area contributed by atoms with E-state index in [2.05, 4.69) is 15.9 Å². The minimum Gasteiger partial charge on any atom is -0.495 e. The molecule has 0 aromatic heterocycles. The summed E-state index contributed by atoms with van der Waals surface area (Å²) in [6, 6.07) is 3.18. The maximum atomic E-state index is 13.2. The van der Waals surface area contributed by atoms with E-state index in [1.807, 2.05) is 0 Å². The van der Waals surface area contributed by atoms with Crippen molar-refractivity contribution >= 4 is 15.9 Å². The lowest BCUT2D eigenvalue weighted by molar-refractivity contribution is 0.400. The van der Waals surface area contributed by atoms with Crippen LogP contribution < -0.4 is 10.5 Å². The smallest absolute Gasteiger partial charge is 0.141 e. The quantitative estimate of drug-likeness (QED) is 0.919. The molecule has 0 aliphatic heterocycles. The molecule has 0 bridgehead atoms. The number of rotatable bonds is 3. The molecule has 0 spiro atoms. The number of benzene rings is 1.